The van der Waals surface area contributed by atoms with E-state index in [0.29, 0.717) is 11.5 Å². The van der Waals surface area contributed by atoms with Crippen molar-refractivity contribution in [2.75, 3.05) is 5.32 Å². The molecule has 0 aliphatic rings. The number of tetrazole rings is 1. The molecular formula is C16H15N9O. The van der Waals surface area contributed by atoms with Gasteiger partial charge in [0, 0.05) is 17.1 Å². The maximum atomic E-state index is 12.5. The summed E-state index contributed by atoms with van der Waals surface area (Å²) in [5.74, 6) is 0.0285. The molecule has 1 amide bonds. The van der Waals surface area contributed by atoms with Crippen molar-refractivity contribution in [2.45, 2.75) is 20.8 Å². The average molecular weight is 349 g/mol. The van der Waals surface area contributed by atoms with Gasteiger partial charge in [-0.15, -0.1) is 10.2 Å². The molecule has 0 saturated carbocycles. The van der Waals surface area contributed by atoms with E-state index in [1.165, 1.54) is 11.0 Å². The normalized spacial score (nSPS) is 11.0. The number of hydrogen-bond acceptors (Lipinski definition) is 7. The lowest BCUT2D eigenvalue weighted by Crippen LogP contribution is -2.14. The molecule has 4 aromatic rings. The van der Waals surface area contributed by atoms with Crippen LogP contribution in [0.4, 0.5) is 5.69 Å². The second-order valence-corrected chi connectivity index (χ2v) is 5.90. The first-order chi connectivity index (χ1) is 12.5. The van der Waals surface area contributed by atoms with Crippen LogP contribution in [0.2, 0.25) is 0 Å². The van der Waals surface area contributed by atoms with Crippen LogP contribution in [-0.2, 0) is 0 Å². The maximum Gasteiger partial charge on any atom is 0.295 e. The van der Waals surface area contributed by atoms with Crippen LogP contribution >= 0.6 is 0 Å². The van der Waals surface area contributed by atoms with Crippen molar-refractivity contribution in [3.63, 3.8) is 0 Å². The van der Waals surface area contributed by atoms with Crippen molar-refractivity contribution in [1.29, 1.82) is 0 Å². The Hall–Kier alpha value is -3.69. The molecule has 0 spiro atoms. The molecule has 0 fully saturated rings. The minimum absolute atomic E-state index is 0.0516. The van der Waals surface area contributed by atoms with Gasteiger partial charge < -0.3 is 5.32 Å². The van der Waals surface area contributed by atoms with Crippen molar-refractivity contribution in [2.24, 2.45) is 0 Å². The highest BCUT2D eigenvalue weighted by atomic mass is 16.2. The van der Waals surface area contributed by atoms with E-state index in [0.717, 1.165) is 22.6 Å². The number of carbonyl (C=O) groups excluding carboxylic acids is 1. The summed E-state index contributed by atoms with van der Waals surface area (Å²) in [4.78, 5) is 21.0. The van der Waals surface area contributed by atoms with Gasteiger partial charge in [-0.1, -0.05) is 6.07 Å². The first-order valence-corrected chi connectivity index (χ1v) is 7.87. The SMILES string of the molecule is Cc1cc(C)n2nc(C(=O)Nc3ccc(C)c(-n4cnnn4)c3)nc2n1. The van der Waals surface area contributed by atoms with E-state index < -0.39 is 5.91 Å². The number of carbonyl (C=O) groups is 1. The van der Waals surface area contributed by atoms with Crippen LogP contribution in [0.3, 0.4) is 0 Å². The van der Waals surface area contributed by atoms with E-state index in [1.807, 2.05) is 32.9 Å². The molecule has 26 heavy (non-hydrogen) atoms. The highest BCUT2D eigenvalue weighted by molar-refractivity contribution is 6.01. The Balaban J connectivity index is 1.64. The molecule has 3 aromatic heterocycles. The van der Waals surface area contributed by atoms with Crippen LogP contribution in [0.1, 0.15) is 27.6 Å². The predicted octanol–water partition coefficient (Wildman–Crippen LogP) is 1.28. The Morgan fingerprint density at radius 3 is 2.73 bits per heavy atom. The van der Waals surface area contributed by atoms with E-state index >= 15 is 0 Å². The maximum absolute atomic E-state index is 12.5. The zero-order chi connectivity index (χ0) is 18.3. The van der Waals surface area contributed by atoms with Crippen molar-refractivity contribution in [3.8, 4) is 5.69 Å². The summed E-state index contributed by atoms with van der Waals surface area (Å²) in [5, 5.41) is 18.2. The third-order valence-electron chi connectivity index (χ3n) is 3.88. The van der Waals surface area contributed by atoms with E-state index in [4.69, 9.17) is 0 Å². The first kappa shape index (κ1) is 15.8. The molecule has 0 radical (unpaired) electrons. The van der Waals surface area contributed by atoms with Crippen LogP contribution < -0.4 is 5.32 Å². The molecule has 4 rings (SSSR count). The lowest BCUT2D eigenvalue weighted by Gasteiger charge is -2.08. The van der Waals surface area contributed by atoms with Crippen molar-refractivity contribution >= 4 is 17.4 Å². The molecule has 1 N–H and O–H groups in total. The van der Waals surface area contributed by atoms with Gasteiger partial charge in [-0.2, -0.15) is 4.98 Å². The summed E-state index contributed by atoms with van der Waals surface area (Å²) in [5.41, 5.74) is 4.00. The summed E-state index contributed by atoms with van der Waals surface area (Å²) in [7, 11) is 0. The van der Waals surface area contributed by atoms with Gasteiger partial charge in [-0.25, -0.2) is 14.2 Å². The predicted molar refractivity (Wildman–Crippen MR) is 92.1 cm³/mol. The van der Waals surface area contributed by atoms with E-state index in [2.05, 4.69) is 35.9 Å². The van der Waals surface area contributed by atoms with Crippen molar-refractivity contribution < 1.29 is 4.79 Å². The highest BCUT2D eigenvalue weighted by Crippen LogP contribution is 2.18. The molecule has 1 aromatic carbocycles. The van der Waals surface area contributed by atoms with E-state index in [1.54, 1.807) is 16.6 Å². The summed E-state index contributed by atoms with van der Waals surface area (Å²) >= 11 is 0. The van der Waals surface area contributed by atoms with Crippen molar-refractivity contribution in [1.82, 2.24) is 39.8 Å². The van der Waals surface area contributed by atoms with Gasteiger partial charge in [0.05, 0.1) is 5.69 Å². The lowest BCUT2D eigenvalue weighted by molar-refractivity contribution is 0.101. The van der Waals surface area contributed by atoms with Gasteiger partial charge in [0.1, 0.15) is 6.33 Å². The molecule has 3 heterocycles. The number of fused-ring (bicyclic) bond motifs is 1. The van der Waals surface area contributed by atoms with Gasteiger partial charge >= 0.3 is 0 Å². The second-order valence-electron chi connectivity index (χ2n) is 5.90. The third-order valence-corrected chi connectivity index (χ3v) is 3.88. The van der Waals surface area contributed by atoms with Gasteiger partial charge in [0.15, 0.2) is 0 Å². The van der Waals surface area contributed by atoms with Gasteiger partial charge in [-0.3, -0.25) is 4.79 Å². The lowest BCUT2D eigenvalue weighted by atomic mass is 10.2. The number of benzene rings is 1. The molecule has 10 heteroatoms. The number of aryl methyl sites for hydroxylation is 3. The largest absolute Gasteiger partial charge is 0.319 e. The number of anilines is 1. The van der Waals surface area contributed by atoms with Crippen molar-refractivity contribution in [3.05, 3.63) is 53.4 Å². The molecule has 10 nitrogen and oxygen atoms in total. The van der Waals surface area contributed by atoms with Crippen LogP contribution in [-0.4, -0.2) is 45.7 Å². The number of rotatable bonds is 3. The molecule has 0 atom stereocenters. The van der Waals surface area contributed by atoms with Crippen LogP contribution in [0, 0.1) is 20.8 Å². The van der Waals surface area contributed by atoms with E-state index in [-0.39, 0.29) is 5.82 Å². The number of nitrogens with one attached hydrogen (secondary N) is 1. The fourth-order valence-corrected chi connectivity index (χ4v) is 2.66. The monoisotopic (exact) mass is 349 g/mol. The summed E-state index contributed by atoms with van der Waals surface area (Å²) in [6, 6.07) is 7.33. The smallest absolute Gasteiger partial charge is 0.295 e. The number of aromatic nitrogens is 8. The minimum Gasteiger partial charge on any atom is -0.319 e. The highest BCUT2D eigenvalue weighted by Gasteiger charge is 2.16. The molecule has 0 bridgehead atoms. The zero-order valence-electron chi connectivity index (χ0n) is 14.4. The molecular weight excluding hydrogens is 334 g/mol. The van der Waals surface area contributed by atoms with Gasteiger partial charge in [-0.05, 0) is 55.0 Å². The topological polar surface area (TPSA) is 116 Å². The summed E-state index contributed by atoms with van der Waals surface area (Å²) in [6.45, 7) is 5.69. The Morgan fingerprint density at radius 1 is 1.12 bits per heavy atom. The standard InChI is InChI=1S/C16H15N9O/c1-9-4-5-12(7-13(9)24-8-17-22-23-24)19-15(26)14-20-16-18-10(2)6-11(3)25(16)21-14/h4-8H,1-3H3,(H,19,26). The second kappa shape index (κ2) is 5.99. The fourth-order valence-electron chi connectivity index (χ4n) is 2.66. The third kappa shape index (κ3) is 2.77. The summed E-state index contributed by atoms with van der Waals surface area (Å²) < 4.78 is 3.08. The Morgan fingerprint density at radius 2 is 1.96 bits per heavy atom. The molecule has 0 aliphatic heterocycles. The van der Waals surface area contributed by atoms with Gasteiger partial charge in [0.2, 0.25) is 5.82 Å². The molecule has 0 aliphatic carbocycles. The van der Waals surface area contributed by atoms with Crippen LogP contribution in [0.15, 0.2) is 30.6 Å². The van der Waals surface area contributed by atoms with Gasteiger partial charge in [0.25, 0.3) is 11.7 Å². The number of nitrogens with zero attached hydrogens (tertiary/aromatic N) is 8. The molecule has 0 unspecified atom stereocenters. The quantitative estimate of drug-likeness (QED) is 0.592. The molecule has 0 saturated heterocycles. The number of amides is 1. The van der Waals surface area contributed by atoms with Crippen LogP contribution in [0.25, 0.3) is 11.5 Å². The minimum atomic E-state index is -0.418. The van der Waals surface area contributed by atoms with E-state index in [9.17, 15) is 4.79 Å². The molecule has 130 valence electrons. The average Bonchev–Trinajstić information content (AvgIpc) is 3.26. The Labute approximate surface area is 147 Å². The Bertz CT molecular complexity index is 1110. The fraction of sp³-hybridized carbons (Fsp3) is 0.188. The summed E-state index contributed by atoms with van der Waals surface area (Å²) in [6.07, 6.45) is 1.49. The van der Waals surface area contributed by atoms with Crippen LogP contribution in [0.5, 0.6) is 0 Å². The Kier molecular flexibility index (Phi) is 3.64. The number of hydrogen-bond donors (Lipinski definition) is 1. The zero-order valence-corrected chi connectivity index (χ0v) is 14.4. The first-order valence-electron chi connectivity index (χ1n) is 7.87.